The topological polar surface area (TPSA) is 45.5 Å². The van der Waals surface area contributed by atoms with Gasteiger partial charge >= 0.3 is 0 Å². The van der Waals surface area contributed by atoms with Crippen molar-refractivity contribution in [2.24, 2.45) is 10.9 Å². The van der Waals surface area contributed by atoms with E-state index in [2.05, 4.69) is 49.5 Å². The summed E-state index contributed by atoms with van der Waals surface area (Å²) in [5.41, 5.74) is 1.08. The smallest absolute Gasteiger partial charge is 0.193 e. The molecule has 0 spiro atoms. The molecule has 1 aromatic heterocycles. The molecule has 1 aliphatic rings. The Morgan fingerprint density at radius 3 is 3.00 bits per heavy atom. The predicted molar refractivity (Wildman–Crippen MR) is 110 cm³/mol. The molecule has 1 saturated heterocycles. The van der Waals surface area contributed by atoms with Crippen LogP contribution in [0.2, 0.25) is 0 Å². The Balaban J connectivity index is 1.66. The number of nitrogens with one attached hydrogen (secondary N) is 1. The highest BCUT2D eigenvalue weighted by Gasteiger charge is 2.28. The van der Waals surface area contributed by atoms with Gasteiger partial charge in [-0.05, 0) is 59.3 Å². The molecule has 2 atom stereocenters. The van der Waals surface area contributed by atoms with Crippen molar-refractivity contribution in [3.8, 4) is 0 Å². The number of hydrogen-bond acceptors (Lipinski definition) is 2. The summed E-state index contributed by atoms with van der Waals surface area (Å²) < 4.78 is 16.1. The first-order valence-electron chi connectivity index (χ1n) is 9.53. The predicted octanol–water partition coefficient (Wildman–Crippen LogP) is 3.88. The van der Waals surface area contributed by atoms with E-state index in [1.54, 1.807) is 0 Å². The Morgan fingerprint density at radius 1 is 1.44 bits per heavy atom. The van der Waals surface area contributed by atoms with Crippen molar-refractivity contribution in [1.82, 2.24) is 19.8 Å². The zero-order chi connectivity index (χ0) is 19.2. The number of nitrogens with zero attached hydrogens (tertiary/aromatic N) is 4. The molecule has 0 bridgehead atoms. The van der Waals surface area contributed by atoms with Crippen molar-refractivity contribution in [2.75, 3.05) is 26.2 Å². The van der Waals surface area contributed by atoms with Gasteiger partial charge in [0.2, 0.25) is 0 Å². The molecule has 1 aliphatic heterocycles. The van der Waals surface area contributed by atoms with Crippen LogP contribution >= 0.6 is 15.9 Å². The Kier molecular flexibility index (Phi) is 6.88. The van der Waals surface area contributed by atoms with E-state index < -0.39 is 0 Å². The summed E-state index contributed by atoms with van der Waals surface area (Å²) in [7, 11) is 0. The average molecular weight is 436 g/mol. The fourth-order valence-electron chi connectivity index (χ4n) is 3.51. The van der Waals surface area contributed by atoms with Gasteiger partial charge in [-0.1, -0.05) is 13.0 Å². The molecule has 7 heteroatoms. The summed E-state index contributed by atoms with van der Waals surface area (Å²) >= 11 is 3.25. The lowest BCUT2D eigenvalue weighted by atomic mass is 9.93. The fraction of sp³-hybridized carbons (Fsp3) is 0.500. The molecule has 146 valence electrons. The summed E-state index contributed by atoms with van der Waals surface area (Å²) in [6.07, 6.45) is 7.69. The zero-order valence-corrected chi connectivity index (χ0v) is 17.5. The molecule has 2 unspecified atom stereocenters. The van der Waals surface area contributed by atoms with Crippen molar-refractivity contribution < 1.29 is 4.39 Å². The summed E-state index contributed by atoms with van der Waals surface area (Å²) in [4.78, 5) is 11.4. The maximum atomic E-state index is 13.4. The second-order valence-electron chi connectivity index (χ2n) is 7.02. The van der Waals surface area contributed by atoms with Crippen molar-refractivity contribution >= 4 is 21.9 Å². The lowest BCUT2D eigenvalue weighted by Gasteiger charge is -2.39. The lowest BCUT2D eigenvalue weighted by Crippen LogP contribution is -2.49. The standard InChI is InChI=1S/C20H27BrFN5/c1-3-24-20(25-8-6-16-4-5-18(22)17(21)12-16)26-10-7-15(2)19(13-26)27-11-9-23-14-27/h4-5,9,11-12,14-15,19H,3,6-8,10,13H2,1-2H3,(H,24,25). The first-order chi connectivity index (χ1) is 13.1. The number of aromatic nitrogens is 2. The maximum absolute atomic E-state index is 13.4. The number of guanidine groups is 1. The average Bonchev–Trinajstić information content (AvgIpc) is 3.19. The summed E-state index contributed by atoms with van der Waals surface area (Å²) in [5, 5.41) is 3.42. The van der Waals surface area contributed by atoms with Crippen LogP contribution in [-0.2, 0) is 6.42 Å². The van der Waals surface area contributed by atoms with Crippen LogP contribution in [0, 0.1) is 11.7 Å². The number of rotatable bonds is 5. The second kappa shape index (κ2) is 9.35. The molecular formula is C20H27BrFN5. The Labute approximate surface area is 168 Å². The zero-order valence-electron chi connectivity index (χ0n) is 15.9. The molecule has 0 saturated carbocycles. The van der Waals surface area contributed by atoms with Crippen LogP contribution in [0.4, 0.5) is 4.39 Å². The minimum Gasteiger partial charge on any atom is -0.357 e. The first kappa shape index (κ1) is 19.9. The van der Waals surface area contributed by atoms with Gasteiger partial charge in [-0.2, -0.15) is 0 Å². The number of aliphatic imine (C=N–C) groups is 1. The van der Waals surface area contributed by atoms with Gasteiger partial charge in [-0.25, -0.2) is 9.37 Å². The Morgan fingerprint density at radius 2 is 2.30 bits per heavy atom. The van der Waals surface area contributed by atoms with Gasteiger partial charge in [-0.3, -0.25) is 4.99 Å². The molecule has 27 heavy (non-hydrogen) atoms. The summed E-state index contributed by atoms with van der Waals surface area (Å²) in [6.45, 7) is 7.82. The fourth-order valence-corrected chi connectivity index (χ4v) is 3.93. The van der Waals surface area contributed by atoms with E-state index in [-0.39, 0.29) is 5.82 Å². The summed E-state index contributed by atoms with van der Waals surface area (Å²) in [5.74, 6) is 1.33. The van der Waals surface area contributed by atoms with Gasteiger partial charge in [0, 0.05) is 38.6 Å². The van der Waals surface area contributed by atoms with Crippen LogP contribution in [-0.4, -0.2) is 46.6 Å². The van der Waals surface area contributed by atoms with Gasteiger partial charge < -0.3 is 14.8 Å². The number of hydrogen-bond donors (Lipinski definition) is 1. The molecule has 0 aliphatic carbocycles. The van der Waals surface area contributed by atoms with Crippen molar-refractivity contribution in [3.63, 3.8) is 0 Å². The highest BCUT2D eigenvalue weighted by Crippen LogP contribution is 2.27. The van der Waals surface area contributed by atoms with E-state index in [0.29, 0.717) is 23.0 Å². The van der Waals surface area contributed by atoms with E-state index >= 15 is 0 Å². The monoisotopic (exact) mass is 435 g/mol. The van der Waals surface area contributed by atoms with Gasteiger partial charge in [0.25, 0.3) is 0 Å². The van der Waals surface area contributed by atoms with E-state index in [9.17, 15) is 4.39 Å². The number of piperidine rings is 1. The van der Waals surface area contributed by atoms with Gasteiger partial charge in [-0.15, -0.1) is 0 Å². The molecule has 5 nitrogen and oxygen atoms in total. The van der Waals surface area contributed by atoms with Crippen LogP contribution in [0.15, 0.2) is 46.4 Å². The summed E-state index contributed by atoms with van der Waals surface area (Å²) in [6, 6.07) is 5.55. The van der Waals surface area contributed by atoms with Crippen LogP contribution < -0.4 is 5.32 Å². The van der Waals surface area contributed by atoms with Crippen LogP contribution in [0.25, 0.3) is 0 Å². The number of likely N-dealkylation sites (tertiary alicyclic amines) is 1. The molecule has 0 radical (unpaired) electrons. The van der Waals surface area contributed by atoms with Crippen molar-refractivity contribution in [1.29, 1.82) is 0 Å². The maximum Gasteiger partial charge on any atom is 0.193 e. The molecular weight excluding hydrogens is 409 g/mol. The van der Waals surface area contributed by atoms with E-state index in [4.69, 9.17) is 4.99 Å². The van der Waals surface area contributed by atoms with E-state index in [0.717, 1.165) is 44.0 Å². The van der Waals surface area contributed by atoms with Gasteiger partial charge in [0.05, 0.1) is 16.8 Å². The van der Waals surface area contributed by atoms with Crippen LogP contribution in [0.5, 0.6) is 0 Å². The third-order valence-electron chi connectivity index (χ3n) is 5.11. The highest BCUT2D eigenvalue weighted by molar-refractivity contribution is 9.10. The normalized spacial score (nSPS) is 20.7. The number of halogens is 2. The number of imidazole rings is 1. The van der Waals surface area contributed by atoms with E-state index in [1.165, 1.54) is 6.07 Å². The quantitative estimate of drug-likeness (QED) is 0.572. The van der Waals surface area contributed by atoms with Gasteiger partial charge in [0.1, 0.15) is 5.82 Å². The SMILES string of the molecule is CCNC(=NCCc1ccc(F)c(Br)c1)N1CCC(C)C(n2ccnc2)C1. The minimum atomic E-state index is -0.233. The van der Waals surface area contributed by atoms with Crippen LogP contribution in [0.1, 0.15) is 31.9 Å². The molecule has 1 fully saturated rings. The molecule has 2 heterocycles. The molecule has 1 aromatic carbocycles. The minimum absolute atomic E-state index is 0.233. The molecule has 1 N–H and O–H groups in total. The Hall–Kier alpha value is -1.89. The van der Waals surface area contributed by atoms with E-state index in [1.807, 2.05) is 30.9 Å². The lowest BCUT2D eigenvalue weighted by molar-refractivity contribution is 0.189. The molecule has 3 rings (SSSR count). The van der Waals surface area contributed by atoms with Crippen molar-refractivity contribution in [2.45, 2.75) is 32.7 Å². The third kappa shape index (κ3) is 5.09. The third-order valence-corrected chi connectivity index (χ3v) is 5.71. The first-order valence-corrected chi connectivity index (χ1v) is 10.3. The van der Waals surface area contributed by atoms with Crippen molar-refractivity contribution in [3.05, 3.63) is 52.8 Å². The van der Waals surface area contributed by atoms with Crippen LogP contribution in [0.3, 0.4) is 0 Å². The Bertz CT molecular complexity index is 762. The molecule has 2 aromatic rings. The molecule has 0 amide bonds. The highest BCUT2D eigenvalue weighted by atomic mass is 79.9. The van der Waals surface area contributed by atoms with Gasteiger partial charge in [0.15, 0.2) is 5.96 Å². The second-order valence-corrected chi connectivity index (χ2v) is 7.88. The number of benzene rings is 1. The largest absolute Gasteiger partial charge is 0.357 e.